The van der Waals surface area contributed by atoms with Crippen LogP contribution >= 0.6 is 11.6 Å². The van der Waals surface area contributed by atoms with Crippen molar-refractivity contribution in [3.05, 3.63) is 69.7 Å². The Bertz CT molecular complexity index is 895. The Hall–Kier alpha value is -2.75. The van der Waals surface area contributed by atoms with Crippen LogP contribution in [-0.4, -0.2) is 17.9 Å². The Labute approximate surface area is 165 Å². The van der Waals surface area contributed by atoms with E-state index >= 15 is 0 Å². The van der Waals surface area contributed by atoms with E-state index in [1.807, 2.05) is 0 Å². The average Bonchev–Trinajstić information content (AvgIpc) is 2.59. The molecule has 2 amide bonds. The first-order valence-corrected chi connectivity index (χ1v) is 8.29. The molecule has 0 aliphatic heterocycles. The van der Waals surface area contributed by atoms with Crippen LogP contribution in [0.3, 0.4) is 0 Å². The van der Waals surface area contributed by atoms with E-state index in [1.165, 1.54) is 6.07 Å². The summed E-state index contributed by atoms with van der Waals surface area (Å²) in [5, 5.41) is 2.39. The molecule has 2 aromatic carbocycles. The number of alkyl halides is 6. The predicted molar refractivity (Wildman–Crippen MR) is 92.1 cm³/mol. The molecular weight excluding hydrogens is 426 g/mol. The lowest BCUT2D eigenvalue weighted by atomic mass is 10.0. The Morgan fingerprint density at radius 2 is 1.52 bits per heavy atom. The van der Waals surface area contributed by atoms with Crippen molar-refractivity contribution in [3.8, 4) is 0 Å². The SMILES string of the molecule is NC(=O)[C@@H](Cc1cccc(Cl)c1)NC(=O)c1cc(C(F)(F)F)cc(C(F)(F)F)c1. The molecule has 2 aromatic rings. The highest BCUT2D eigenvalue weighted by Gasteiger charge is 2.37. The normalized spacial score (nSPS) is 13.1. The molecule has 0 saturated heterocycles. The second kappa shape index (κ2) is 8.32. The Kier molecular flexibility index (Phi) is 6.46. The topological polar surface area (TPSA) is 72.2 Å². The van der Waals surface area contributed by atoms with Gasteiger partial charge in [0.05, 0.1) is 11.1 Å². The molecule has 1 atom stereocenters. The minimum absolute atomic E-state index is 0.103. The molecule has 4 nitrogen and oxygen atoms in total. The van der Waals surface area contributed by atoms with Crippen LogP contribution in [-0.2, 0) is 23.6 Å². The van der Waals surface area contributed by atoms with Gasteiger partial charge in [-0.25, -0.2) is 0 Å². The number of amides is 2. The molecule has 11 heteroatoms. The number of carbonyl (C=O) groups excluding carboxylic acids is 2. The number of rotatable bonds is 5. The second-order valence-electron chi connectivity index (χ2n) is 6.06. The summed E-state index contributed by atoms with van der Waals surface area (Å²) in [4.78, 5) is 23.9. The fourth-order valence-corrected chi connectivity index (χ4v) is 2.66. The van der Waals surface area contributed by atoms with Crippen molar-refractivity contribution >= 4 is 23.4 Å². The zero-order valence-electron chi connectivity index (χ0n) is 14.4. The molecule has 0 bridgehead atoms. The third kappa shape index (κ3) is 6.11. The molecule has 0 aromatic heterocycles. The molecule has 0 spiro atoms. The van der Waals surface area contributed by atoms with E-state index in [-0.39, 0.29) is 24.6 Å². The molecule has 0 heterocycles. The van der Waals surface area contributed by atoms with Gasteiger partial charge in [0, 0.05) is 17.0 Å². The number of nitrogens with one attached hydrogen (secondary N) is 1. The van der Waals surface area contributed by atoms with E-state index < -0.39 is 46.9 Å². The van der Waals surface area contributed by atoms with Gasteiger partial charge in [0.2, 0.25) is 5.91 Å². The number of hydrogen-bond acceptors (Lipinski definition) is 2. The standard InChI is InChI=1S/C18H13ClF6N2O2/c19-13-3-1-2-9(4-13)5-14(15(26)28)27-16(29)10-6-11(17(20,21)22)8-12(7-10)18(23,24)25/h1-4,6-8,14H,5H2,(H2,26,28)(H,27,29)/t14-/m1/s1. The molecule has 156 valence electrons. The Morgan fingerprint density at radius 1 is 0.966 bits per heavy atom. The van der Waals surface area contributed by atoms with E-state index in [2.05, 4.69) is 5.32 Å². The third-order valence-electron chi connectivity index (χ3n) is 3.83. The van der Waals surface area contributed by atoms with Crippen molar-refractivity contribution in [1.82, 2.24) is 5.32 Å². The summed E-state index contributed by atoms with van der Waals surface area (Å²) in [6.45, 7) is 0. The van der Waals surface area contributed by atoms with Crippen LogP contribution in [0.1, 0.15) is 27.0 Å². The first-order valence-electron chi connectivity index (χ1n) is 7.91. The molecule has 0 aliphatic carbocycles. The van der Waals surface area contributed by atoms with Gasteiger partial charge in [0.1, 0.15) is 6.04 Å². The second-order valence-corrected chi connectivity index (χ2v) is 6.49. The van der Waals surface area contributed by atoms with Gasteiger partial charge in [-0.15, -0.1) is 0 Å². The highest BCUT2D eigenvalue weighted by molar-refractivity contribution is 6.30. The highest BCUT2D eigenvalue weighted by atomic mass is 35.5. The number of nitrogens with two attached hydrogens (primary N) is 1. The van der Waals surface area contributed by atoms with Crippen molar-refractivity contribution in [2.45, 2.75) is 24.8 Å². The summed E-state index contributed by atoms with van der Waals surface area (Å²) in [7, 11) is 0. The van der Waals surface area contributed by atoms with Crippen LogP contribution < -0.4 is 11.1 Å². The smallest absolute Gasteiger partial charge is 0.368 e. The zero-order valence-corrected chi connectivity index (χ0v) is 15.1. The fourth-order valence-electron chi connectivity index (χ4n) is 2.45. The summed E-state index contributed by atoms with van der Waals surface area (Å²) in [5.74, 6) is -2.34. The summed E-state index contributed by atoms with van der Waals surface area (Å²) in [6, 6.07) is 5.17. The molecule has 0 fully saturated rings. The summed E-state index contributed by atoms with van der Waals surface area (Å²) in [5.41, 5.74) is 1.46. The van der Waals surface area contributed by atoms with E-state index in [9.17, 15) is 35.9 Å². The lowest BCUT2D eigenvalue weighted by molar-refractivity contribution is -0.143. The van der Waals surface area contributed by atoms with Crippen molar-refractivity contribution < 1.29 is 35.9 Å². The summed E-state index contributed by atoms with van der Waals surface area (Å²) < 4.78 is 77.6. The van der Waals surface area contributed by atoms with Crippen molar-refractivity contribution in [3.63, 3.8) is 0 Å². The van der Waals surface area contributed by atoms with E-state index in [4.69, 9.17) is 17.3 Å². The number of halogens is 7. The van der Waals surface area contributed by atoms with Crippen molar-refractivity contribution in [2.75, 3.05) is 0 Å². The van der Waals surface area contributed by atoms with Crippen molar-refractivity contribution in [1.29, 1.82) is 0 Å². The maximum absolute atomic E-state index is 12.9. The fraction of sp³-hybridized carbons (Fsp3) is 0.222. The van der Waals surface area contributed by atoms with Crippen LogP contribution in [0.4, 0.5) is 26.3 Å². The number of primary amides is 1. The van der Waals surface area contributed by atoms with Crippen LogP contribution in [0.5, 0.6) is 0 Å². The van der Waals surface area contributed by atoms with Gasteiger partial charge in [-0.2, -0.15) is 26.3 Å². The van der Waals surface area contributed by atoms with Crippen molar-refractivity contribution in [2.24, 2.45) is 5.73 Å². The maximum atomic E-state index is 12.9. The first kappa shape index (κ1) is 22.5. The van der Waals surface area contributed by atoms with Gasteiger partial charge in [-0.05, 0) is 35.9 Å². The molecule has 0 saturated carbocycles. The number of benzene rings is 2. The van der Waals surface area contributed by atoms with E-state index in [1.54, 1.807) is 18.2 Å². The van der Waals surface area contributed by atoms with Crippen LogP contribution in [0.2, 0.25) is 5.02 Å². The third-order valence-corrected chi connectivity index (χ3v) is 4.06. The first-order chi connectivity index (χ1) is 13.3. The zero-order chi connectivity index (χ0) is 22.0. The molecule has 0 unspecified atom stereocenters. The van der Waals surface area contributed by atoms with E-state index in [0.29, 0.717) is 10.6 Å². The molecule has 0 aliphatic rings. The molecule has 29 heavy (non-hydrogen) atoms. The van der Waals surface area contributed by atoms with Crippen LogP contribution in [0.15, 0.2) is 42.5 Å². The van der Waals surface area contributed by atoms with Gasteiger partial charge in [0.25, 0.3) is 5.91 Å². The number of hydrogen-bond donors (Lipinski definition) is 2. The average molecular weight is 439 g/mol. The highest BCUT2D eigenvalue weighted by Crippen LogP contribution is 2.36. The van der Waals surface area contributed by atoms with Gasteiger partial charge in [0.15, 0.2) is 0 Å². The molecule has 3 N–H and O–H groups in total. The van der Waals surface area contributed by atoms with E-state index in [0.717, 1.165) is 0 Å². The quantitative estimate of drug-likeness (QED) is 0.687. The molecule has 0 radical (unpaired) electrons. The van der Waals surface area contributed by atoms with Gasteiger partial charge >= 0.3 is 12.4 Å². The Balaban J connectivity index is 2.35. The minimum atomic E-state index is -5.11. The minimum Gasteiger partial charge on any atom is -0.368 e. The maximum Gasteiger partial charge on any atom is 0.416 e. The van der Waals surface area contributed by atoms with Gasteiger partial charge in [-0.3, -0.25) is 9.59 Å². The Morgan fingerprint density at radius 3 is 1.97 bits per heavy atom. The monoisotopic (exact) mass is 438 g/mol. The summed E-state index contributed by atoms with van der Waals surface area (Å²) in [6.07, 6.45) is -10.4. The summed E-state index contributed by atoms with van der Waals surface area (Å²) >= 11 is 5.81. The van der Waals surface area contributed by atoms with Crippen LogP contribution in [0, 0.1) is 0 Å². The van der Waals surface area contributed by atoms with Crippen LogP contribution in [0.25, 0.3) is 0 Å². The lowest BCUT2D eigenvalue weighted by Gasteiger charge is -2.18. The molecular formula is C18H13ClF6N2O2. The molecule has 2 rings (SSSR count). The van der Waals surface area contributed by atoms with Gasteiger partial charge < -0.3 is 11.1 Å². The largest absolute Gasteiger partial charge is 0.416 e. The lowest BCUT2D eigenvalue weighted by Crippen LogP contribution is -2.46. The van der Waals surface area contributed by atoms with Gasteiger partial charge in [-0.1, -0.05) is 23.7 Å². The number of carbonyl (C=O) groups is 2. The predicted octanol–water partition coefficient (Wildman–Crippen LogP) is 4.20.